The lowest BCUT2D eigenvalue weighted by atomic mass is 10.1. The van der Waals surface area contributed by atoms with Crippen LogP contribution in [0.4, 0.5) is 5.69 Å². The summed E-state index contributed by atoms with van der Waals surface area (Å²) in [7, 11) is -4.09. The summed E-state index contributed by atoms with van der Waals surface area (Å²) in [4.78, 5) is 22.4. The molecular weight excluding hydrogens is 414 g/mol. The molecule has 0 aliphatic rings. The first-order chi connectivity index (χ1) is 12.6. The SMILES string of the molecule is Cc1c(S(=O)(=O)Nc2ccc(C(=O)O)cc2C(=O)O)sc2ccc(Cl)cc12. The maximum absolute atomic E-state index is 12.8. The second-order valence-electron chi connectivity index (χ2n) is 5.63. The van der Waals surface area contributed by atoms with Crippen molar-refractivity contribution in [1.29, 1.82) is 0 Å². The van der Waals surface area contributed by atoms with Crippen LogP contribution < -0.4 is 4.72 Å². The molecule has 0 saturated heterocycles. The fourth-order valence-corrected chi connectivity index (χ4v) is 5.56. The number of fused-ring (bicyclic) bond motifs is 1. The molecule has 27 heavy (non-hydrogen) atoms. The molecule has 2 aromatic carbocycles. The summed E-state index contributed by atoms with van der Waals surface area (Å²) >= 11 is 7.00. The highest BCUT2D eigenvalue weighted by molar-refractivity contribution is 7.95. The van der Waals surface area contributed by atoms with E-state index >= 15 is 0 Å². The molecule has 0 fully saturated rings. The predicted octanol–water partition coefficient (Wildman–Crippen LogP) is 4.06. The van der Waals surface area contributed by atoms with Gasteiger partial charge in [-0.15, -0.1) is 11.3 Å². The Hall–Kier alpha value is -2.62. The van der Waals surface area contributed by atoms with Crippen LogP contribution in [0.25, 0.3) is 10.1 Å². The number of nitrogens with one attached hydrogen (secondary N) is 1. The van der Waals surface area contributed by atoms with Gasteiger partial charge in [0.2, 0.25) is 0 Å². The van der Waals surface area contributed by atoms with Gasteiger partial charge in [-0.3, -0.25) is 4.72 Å². The first-order valence-electron chi connectivity index (χ1n) is 7.42. The second kappa shape index (κ2) is 6.84. The van der Waals surface area contributed by atoms with Gasteiger partial charge in [-0.2, -0.15) is 0 Å². The fraction of sp³-hybridized carbons (Fsp3) is 0.0588. The Morgan fingerprint density at radius 3 is 2.41 bits per heavy atom. The molecule has 0 amide bonds. The maximum atomic E-state index is 12.8. The van der Waals surface area contributed by atoms with Crippen LogP contribution in [-0.4, -0.2) is 30.6 Å². The van der Waals surface area contributed by atoms with Crippen LogP contribution in [0.15, 0.2) is 40.6 Å². The van der Waals surface area contributed by atoms with Crippen molar-refractivity contribution in [1.82, 2.24) is 0 Å². The van der Waals surface area contributed by atoms with Crippen molar-refractivity contribution in [2.45, 2.75) is 11.1 Å². The highest BCUT2D eigenvalue weighted by atomic mass is 35.5. The smallest absolute Gasteiger partial charge is 0.337 e. The summed E-state index contributed by atoms with van der Waals surface area (Å²) in [5.41, 5.74) is -0.449. The van der Waals surface area contributed by atoms with Gasteiger partial charge in [-0.25, -0.2) is 18.0 Å². The standard InChI is InChI=1S/C17H12ClNO6S2/c1-8-11-7-10(18)3-5-14(11)26-17(8)27(24,25)19-13-4-2-9(15(20)21)6-12(13)16(22)23/h2-7,19H,1H3,(H,20,21)(H,22,23). The first kappa shape index (κ1) is 19.2. The Labute approximate surface area is 162 Å². The number of carbonyl (C=O) groups is 2. The molecule has 3 rings (SSSR count). The molecule has 0 aliphatic carbocycles. The highest BCUT2D eigenvalue weighted by Crippen LogP contribution is 2.36. The Morgan fingerprint density at radius 1 is 1.07 bits per heavy atom. The molecule has 1 heterocycles. The minimum absolute atomic E-state index is 0.0263. The Kier molecular flexibility index (Phi) is 4.85. The second-order valence-corrected chi connectivity index (χ2v) is 9.00. The van der Waals surface area contributed by atoms with Crippen molar-refractivity contribution in [3.63, 3.8) is 0 Å². The third kappa shape index (κ3) is 3.61. The number of rotatable bonds is 5. The molecular formula is C17H12ClNO6S2. The molecule has 0 atom stereocenters. The predicted molar refractivity (Wildman–Crippen MR) is 103 cm³/mol. The van der Waals surface area contributed by atoms with Gasteiger partial charge >= 0.3 is 11.9 Å². The lowest BCUT2D eigenvalue weighted by Crippen LogP contribution is -2.16. The van der Waals surface area contributed by atoms with Gasteiger partial charge in [-0.1, -0.05) is 11.6 Å². The zero-order valence-corrected chi connectivity index (χ0v) is 16.1. The average molecular weight is 426 g/mol. The van der Waals surface area contributed by atoms with E-state index in [4.69, 9.17) is 16.7 Å². The summed E-state index contributed by atoms with van der Waals surface area (Å²) in [6, 6.07) is 8.16. The number of hydrogen-bond acceptors (Lipinski definition) is 5. The van der Waals surface area contributed by atoms with Crippen LogP contribution >= 0.6 is 22.9 Å². The number of carboxylic acid groups (broad SMARTS) is 2. The van der Waals surface area contributed by atoms with Crippen molar-refractivity contribution in [3.05, 3.63) is 58.1 Å². The number of thiophene rings is 1. The molecule has 0 saturated carbocycles. The van der Waals surface area contributed by atoms with Crippen LogP contribution in [0.3, 0.4) is 0 Å². The average Bonchev–Trinajstić information content (AvgIpc) is 2.92. The van der Waals surface area contributed by atoms with E-state index in [1.807, 2.05) is 0 Å². The van der Waals surface area contributed by atoms with Crippen LogP contribution in [0.1, 0.15) is 26.3 Å². The van der Waals surface area contributed by atoms with Crippen molar-refractivity contribution < 1.29 is 28.2 Å². The lowest BCUT2D eigenvalue weighted by molar-refractivity contribution is 0.0696. The van der Waals surface area contributed by atoms with E-state index in [1.165, 1.54) is 0 Å². The first-order valence-corrected chi connectivity index (χ1v) is 10.1. The maximum Gasteiger partial charge on any atom is 0.337 e. The number of anilines is 1. The van der Waals surface area contributed by atoms with Crippen molar-refractivity contribution in [2.75, 3.05) is 4.72 Å². The molecule has 0 unspecified atom stereocenters. The molecule has 3 N–H and O–H groups in total. The third-order valence-electron chi connectivity index (χ3n) is 3.84. The summed E-state index contributed by atoms with van der Waals surface area (Å²) in [6.45, 7) is 1.63. The van der Waals surface area contributed by atoms with E-state index in [0.29, 0.717) is 16.0 Å². The van der Waals surface area contributed by atoms with Crippen LogP contribution in [-0.2, 0) is 10.0 Å². The van der Waals surface area contributed by atoms with E-state index < -0.39 is 27.5 Å². The molecule has 0 radical (unpaired) electrons. The van der Waals surface area contributed by atoms with Crippen molar-refractivity contribution in [2.24, 2.45) is 0 Å². The van der Waals surface area contributed by atoms with Gasteiger partial charge in [-0.05, 0) is 54.3 Å². The molecule has 140 valence electrons. The number of sulfonamides is 1. The van der Waals surface area contributed by atoms with Gasteiger partial charge < -0.3 is 10.2 Å². The minimum Gasteiger partial charge on any atom is -0.478 e. The zero-order valence-electron chi connectivity index (χ0n) is 13.7. The van der Waals surface area contributed by atoms with E-state index in [2.05, 4.69) is 4.72 Å². The molecule has 3 aromatic rings. The molecule has 0 aliphatic heterocycles. The highest BCUT2D eigenvalue weighted by Gasteiger charge is 2.24. The Morgan fingerprint density at radius 2 is 1.78 bits per heavy atom. The molecule has 0 spiro atoms. The van der Waals surface area contributed by atoms with Gasteiger partial charge in [0.25, 0.3) is 10.0 Å². The third-order valence-corrected chi connectivity index (χ3v) is 7.33. The number of aryl methyl sites for hydroxylation is 1. The lowest BCUT2D eigenvalue weighted by Gasteiger charge is -2.11. The quantitative estimate of drug-likeness (QED) is 0.566. The van der Waals surface area contributed by atoms with Gasteiger partial charge in [0, 0.05) is 9.72 Å². The van der Waals surface area contributed by atoms with Crippen LogP contribution in [0.2, 0.25) is 5.02 Å². The van der Waals surface area contributed by atoms with Crippen LogP contribution in [0.5, 0.6) is 0 Å². The minimum atomic E-state index is -4.09. The summed E-state index contributed by atoms with van der Waals surface area (Å²) in [5, 5.41) is 19.4. The van der Waals surface area contributed by atoms with E-state index in [9.17, 15) is 23.1 Å². The van der Waals surface area contributed by atoms with Gasteiger partial charge in [0.1, 0.15) is 4.21 Å². The Balaban J connectivity index is 2.09. The van der Waals surface area contributed by atoms with E-state index in [-0.39, 0.29) is 15.5 Å². The fourth-order valence-electron chi connectivity index (χ4n) is 2.56. The van der Waals surface area contributed by atoms with Crippen molar-refractivity contribution >= 4 is 60.7 Å². The number of hydrogen-bond donors (Lipinski definition) is 3. The Bertz CT molecular complexity index is 1200. The largest absolute Gasteiger partial charge is 0.478 e. The molecule has 0 bridgehead atoms. The number of aromatic carboxylic acids is 2. The molecule has 10 heteroatoms. The number of benzene rings is 2. The van der Waals surface area contributed by atoms with Gasteiger partial charge in [0.15, 0.2) is 0 Å². The van der Waals surface area contributed by atoms with Crippen LogP contribution in [0, 0.1) is 6.92 Å². The number of halogens is 1. The van der Waals surface area contributed by atoms with E-state index in [0.717, 1.165) is 34.2 Å². The monoisotopic (exact) mass is 425 g/mol. The summed E-state index contributed by atoms with van der Waals surface area (Å²) < 4.78 is 28.6. The van der Waals surface area contributed by atoms with Gasteiger partial charge in [0.05, 0.1) is 16.8 Å². The topological polar surface area (TPSA) is 121 Å². The summed E-state index contributed by atoms with van der Waals surface area (Å²) in [5.74, 6) is -2.76. The van der Waals surface area contributed by atoms with Crippen molar-refractivity contribution in [3.8, 4) is 0 Å². The summed E-state index contributed by atoms with van der Waals surface area (Å²) in [6.07, 6.45) is 0. The molecule has 7 nitrogen and oxygen atoms in total. The molecule has 1 aromatic heterocycles. The van der Waals surface area contributed by atoms with E-state index in [1.54, 1.807) is 25.1 Å². The normalized spacial score (nSPS) is 11.5. The zero-order chi connectivity index (χ0) is 19.9. The number of carboxylic acids is 2.